The van der Waals surface area contributed by atoms with E-state index in [2.05, 4.69) is 4.90 Å². The predicted octanol–water partition coefficient (Wildman–Crippen LogP) is 3.44. The van der Waals surface area contributed by atoms with Crippen molar-refractivity contribution in [2.75, 3.05) is 23.9 Å². The summed E-state index contributed by atoms with van der Waals surface area (Å²) in [7, 11) is 1.96. The van der Waals surface area contributed by atoms with E-state index < -0.39 is 5.91 Å². The molecule has 0 atom stereocenters. The van der Waals surface area contributed by atoms with Gasteiger partial charge in [0, 0.05) is 18.6 Å². The van der Waals surface area contributed by atoms with Crippen LogP contribution in [0.3, 0.4) is 0 Å². The molecule has 0 spiro atoms. The molecule has 7 heteroatoms. The molecule has 4 nitrogen and oxygen atoms in total. The molecule has 0 saturated carbocycles. The predicted molar refractivity (Wildman–Crippen MR) is 92.6 cm³/mol. The van der Waals surface area contributed by atoms with Crippen LogP contribution < -0.4 is 16.4 Å². The van der Waals surface area contributed by atoms with Gasteiger partial charge in [0.05, 0.1) is 10.6 Å². The summed E-state index contributed by atoms with van der Waals surface area (Å²) >= 11 is 8.73. The fraction of sp³-hybridized carbons (Fsp3) is 0.214. The minimum atomic E-state index is -0.487. The van der Waals surface area contributed by atoms with Crippen LogP contribution in [0.5, 0.6) is 0 Å². The highest BCUT2D eigenvalue weighted by molar-refractivity contribution is 7.99. The third-order valence-corrected chi connectivity index (χ3v) is 5.53. The number of rotatable bonds is 5. The van der Waals surface area contributed by atoms with Crippen molar-refractivity contribution < 1.29 is 4.79 Å². The Bertz CT molecular complexity index is 655. The Morgan fingerprint density at radius 2 is 2.00 bits per heavy atom. The van der Waals surface area contributed by atoms with Crippen LogP contribution in [0, 0.1) is 0 Å². The third kappa shape index (κ3) is 3.45. The fourth-order valence-electron chi connectivity index (χ4n) is 1.98. The molecule has 2 rings (SSSR count). The average Bonchev–Trinajstić information content (AvgIpc) is 2.78. The summed E-state index contributed by atoms with van der Waals surface area (Å²) in [6.07, 6.45) is 1.93. The molecule has 1 amide bonds. The van der Waals surface area contributed by atoms with E-state index in [0.29, 0.717) is 22.1 Å². The Morgan fingerprint density at radius 3 is 2.52 bits per heavy atom. The smallest absolute Gasteiger partial charge is 0.261 e. The van der Waals surface area contributed by atoms with E-state index in [1.807, 2.05) is 37.6 Å². The molecule has 0 saturated heterocycles. The lowest BCUT2D eigenvalue weighted by molar-refractivity contribution is 0.100. The van der Waals surface area contributed by atoms with Crippen molar-refractivity contribution in [2.45, 2.75) is 11.4 Å². The summed E-state index contributed by atoms with van der Waals surface area (Å²) in [5.74, 6) is -0.487. The lowest BCUT2D eigenvalue weighted by atomic mass is 10.2. The third-order valence-electron chi connectivity index (χ3n) is 2.99. The summed E-state index contributed by atoms with van der Waals surface area (Å²) in [6, 6.07) is 7.67. The first-order valence-corrected chi connectivity index (χ1v) is 8.57. The molecule has 0 aliphatic rings. The van der Waals surface area contributed by atoms with Crippen molar-refractivity contribution in [3.8, 4) is 0 Å². The van der Waals surface area contributed by atoms with Crippen LogP contribution >= 0.6 is 34.7 Å². The zero-order chi connectivity index (χ0) is 15.6. The second kappa shape index (κ2) is 6.60. The molecule has 1 aromatic heterocycles. The van der Waals surface area contributed by atoms with E-state index >= 15 is 0 Å². The highest BCUT2D eigenvalue weighted by Gasteiger charge is 2.21. The normalized spacial score (nSPS) is 10.6. The van der Waals surface area contributed by atoms with Gasteiger partial charge in [0.15, 0.2) is 0 Å². The van der Waals surface area contributed by atoms with E-state index in [1.54, 1.807) is 0 Å². The molecule has 0 bridgehead atoms. The van der Waals surface area contributed by atoms with Crippen molar-refractivity contribution in [1.29, 1.82) is 0 Å². The highest BCUT2D eigenvalue weighted by atomic mass is 35.5. The minimum Gasteiger partial charge on any atom is -0.396 e. The molecule has 0 unspecified atom stereocenters. The van der Waals surface area contributed by atoms with Gasteiger partial charge >= 0.3 is 0 Å². The number of nitrogens with two attached hydrogens (primary N) is 2. The summed E-state index contributed by atoms with van der Waals surface area (Å²) in [6.45, 7) is 0.697. The monoisotopic (exact) mass is 341 g/mol. The lowest BCUT2D eigenvalue weighted by Gasteiger charge is -2.19. The standard InChI is InChI=1S/C14H16ClN3OS2/c1-18(7-8-3-5-9(15)6-4-8)14-12(20-2)10(16)11(21-14)13(17)19/h3-6H,7,16H2,1-2H3,(H2,17,19). The number of nitrogens with zero attached hydrogens (tertiary/aromatic N) is 1. The number of hydrogen-bond donors (Lipinski definition) is 2. The number of thiophene rings is 1. The molecule has 1 aromatic carbocycles. The lowest BCUT2D eigenvalue weighted by Crippen LogP contribution is -2.15. The van der Waals surface area contributed by atoms with Crippen LogP contribution in [0.25, 0.3) is 0 Å². The van der Waals surface area contributed by atoms with Crippen molar-refractivity contribution in [3.05, 3.63) is 39.7 Å². The van der Waals surface area contributed by atoms with Gasteiger partial charge in [0.1, 0.15) is 9.88 Å². The van der Waals surface area contributed by atoms with Gasteiger partial charge in [-0.25, -0.2) is 0 Å². The molecular weight excluding hydrogens is 326 g/mol. The Kier molecular flexibility index (Phi) is 5.03. The number of primary amides is 1. The topological polar surface area (TPSA) is 72.3 Å². The number of carbonyl (C=O) groups is 1. The molecule has 0 aliphatic carbocycles. The number of thioether (sulfide) groups is 1. The van der Waals surface area contributed by atoms with Crippen LogP contribution in [0.2, 0.25) is 5.02 Å². The zero-order valence-corrected chi connectivity index (χ0v) is 14.1. The Labute approximate surface area is 137 Å². The van der Waals surface area contributed by atoms with Crippen molar-refractivity contribution in [3.63, 3.8) is 0 Å². The van der Waals surface area contributed by atoms with Gasteiger partial charge in [-0.3, -0.25) is 4.79 Å². The summed E-state index contributed by atoms with van der Waals surface area (Å²) in [4.78, 5) is 14.8. The number of benzene rings is 1. The SMILES string of the molecule is CSc1c(N(C)Cc2ccc(Cl)cc2)sc(C(N)=O)c1N. The van der Waals surface area contributed by atoms with E-state index in [4.69, 9.17) is 23.1 Å². The van der Waals surface area contributed by atoms with E-state index in [1.165, 1.54) is 23.1 Å². The molecule has 0 fully saturated rings. The number of anilines is 2. The van der Waals surface area contributed by atoms with Crippen LogP contribution in [0.1, 0.15) is 15.2 Å². The van der Waals surface area contributed by atoms with E-state index in [9.17, 15) is 4.79 Å². The molecule has 2 aromatic rings. The number of carbonyl (C=O) groups excluding carboxylic acids is 1. The van der Waals surface area contributed by atoms with Crippen LogP contribution in [-0.2, 0) is 6.54 Å². The average molecular weight is 342 g/mol. The molecule has 21 heavy (non-hydrogen) atoms. The van der Waals surface area contributed by atoms with E-state index in [-0.39, 0.29) is 0 Å². The maximum Gasteiger partial charge on any atom is 0.261 e. The molecule has 1 heterocycles. The van der Waals surface area contributed by atoms with Crippen LogP contribution in [0.15, 0.2) is 29.2 Å². The summed E-state index contributed by atoms with van der Waals surface area (Å²) < 4.78 is 0. The first kappa shape index (κ1) is 16.0. The molecule has 4 N–H and O–H groups in total. The highest BCUT2D eigenvalue weighted by Crippen LogP contribution is 2.43. The molecule has 112 valence electrons. The minimum absolute atomic E-state index is 0.414. The fourth-order valence-corrected chi connectivity index (χ4v) is 4.13. The largest absolute Gasteiger partial charge is 0.396 e. The second-order valence-electron chi connectivity index (χ2n) is 4.53. The summed E-state index contributed by atoms with van der Waals surface area (Å²) in [5.41, 5.74) is 13.0. The first-order valence-electron chi connectivity index (χ1n) is 6.15. The van der Waals surface area contributed by atoms with Crippen molar-refractivity contribution in [1.82, 2.24) is 0 Å². The van der Waals surface area contributed by atoms with Crippen molar-refractivity contribution >= 4 is 51.3 Å². The van der Waals surface area contributed by atoms with Crippen LogP contribution in [0.4, 0.5) is 10.7 Å². The van der Waals surface area contributed by atoms with Gasteiger partial charge in [-0.2, -0.15) is 0 Å². The zero-order valence-electron chi connectivity index (χ0n) is 11.7. The maximum atomic E-state index is 11.4. The maximum absolute atomic E-state index is 11.4. The molecule has 0 aliphatic heterocycles. The molecule has 0 radical (unpaired) electrons. The second-order valence-corrected chi connectivity index (χ2v) is 6.78. The molecular formula is C14H16ClN3OS2. The Hall–Kier alpha value is -1.37. The van der Waals surface area contributed by atoms with Gasteiger partial charge < -0.3 is 16.4 Å². The number of nitrogen functional groups attached to an aromatic ring is 1. The van der Waals surface area contributed by atoms with Gasteiger partial charge in [-0.05, 0) is 24.0 Å². The quantitative estimate of drug-likeness (QED) is 0.817. The number of amides is 1. The Morgan fingerprint density at radius 1 is 1.38 bits per heavy atom. The van der Waals surface area contributed by atoms with Crippen molar-refractivity contribution in [2.24, 2.45) is 5.73 Å². The number of hydrogen-bond acceptors (Lipinski definition) is 5. The van der Waals surface area contributed by atoms with Crippen LogP contribution in [-0.4, -0.2) is 19.2 Å². The van der Waals surface area contributed by atoms with Gasteiger partial charge in [-0.15, -0.1) is 23.1 Å². The first-order chi connectivity index (χ1) is 9.93. The number of halogens is 1. The summed E-state index contributed by atoms with van der Waals surface area (Å²) in [5, 5.41) is 1.66. The van der Waals surface area contributed by atoms with Gasteiger partial charge in [-0.1, -0.05) is 23.7 Å². The van der Waals surface area contributed by atoms with Gasteiger partial charge in [0.25, 0.3) is 5.91 Å². The van der Waals surface area contributed by atoms with Gasteiger partial charge in [0.2, 0.25) is 0 Å². The van der Waals surface area contributed by atoms with E-state index in [0.717, 1.165) is 15.5 Å². The Balaban J connectivity index is 2.30.